The molecule has 4 nitrogen and oxygen atoms in total. The molecule has 0 unspecified atom stereocenters. The van der Waals surface area contributed by atoms with Crippen LogP contribution in [0.15, 0.2) is 72.8 Å². The number of anilines is 1. The van der Waals surface area contributed by atoms with Gasteiger partial charge in [-0.1, -0.05) is 72.8 Å². The number of piperidine rings is 1. The van der Waals surface area contributed by atoms with Crippen LogP contribution in [0.5, 0.6) is 0 Å². The highest BCUT2D eigenvalue weighted by molar-refractivity contribution is 5.99. The minimum atomic E-state index is -0.167. The first kappa shape index (κ1) is 20.9. The summed E-state index contributed by atoms with van der Waals surface area (Å²) in [6, 6.07) is 23.8. The van der Waals surface area contributed by atoms with Crippen molar-refractivity contribution in [1.82, 2.24) is 4.90 Å². The topological polar surface area (TPSA) is 49.4 Å². The van der Waals surface area contributed by atoms with Crippen molar-refractivity contribution >= 4 is 17.5 Å². The van der Waals surface area contributed by atoms with E-state index in [0.29, 0.717) is 18.7 Å². The van der Waals surface area contributed by atoms with Crippen LogP contribution < -0.4 is 5.32 Å². The molecule has 1 saturated heterocycles. The highest BCUT2D eigenvalue weighted by atomic mass is 16.2. The Bertz CT molecular complexity index is 1050. The summed E-state index contributed by atoms with van der Waals surface area (Å²) in [5.74, 6) is -0.0516. The van der Waals surface area contributed by atoms with Gasteiger partial charge in [-0.25, -0.2) is 4.79 Å². The molecule has 31 heavy (non-hydrogen) atoms. The van der Waals surface area contributed by atoms with Crippen LogP contribution in [0, 0.1) is 19.8 Å². The van der Waals surface area contributed by atoms with Gasteiger partial charge >= 0.3 is 6.03 Å². The van der Waals surface area contributed by atoms with Crippen LogP contribution in [0.2, 0.25) is 0 Å². The quantitative estimate of drug-likeness (QED) is 0.527. The van der Waals surface area contributed by atoms with Gasteiger partial charge in [-0.15, -0.1) is 0 Å². The Hall–Kier alpha value is -3.40. The molecule has 3 aromatic carbocycles. The van der Waals surface area contributed by atoms with Gasteiger partial charge in [0.15, 0.2) is 5.78 Å². The summed E-state index contributed by atoms with van der Waals surface area (Å²) in [7, 11) is 0. The minimum Gasteiger partial charge on any atom is -0.324 e. The second-order valence-electron chi connectivity index (χ2n) is 8.29. The number of rotatable bonds is 4. The number of nitrogens with zero attached hydrogens (tertiary/aromatic N) is 1. The van der Waals surface area contributed by atoms with E-state index < -0.39 is 0 Å². The largest absolute Gasteiger partial charge is 0.324 e. The number of ketones is 1. The maximum atomic E-state index is 13.1. The Morgan fingerprint density at radius 2 is 1.48 bits per heavy atom. The number of Topliss-reactive ketones (excluding diaryl/α,β-unsaturated/α-hetero) is 1. The molecule has 0 aromatic heterocycles. The summed E-state index contributed by atoms with van der Waals surface area (Å²) < 4.78 is 0. The monoisotopic (exact) mass is 412 g/mol. The predicted octanol–water partition coefficient (Wildman–Crippen LogP) is 6.10. The smallest absolute Gasteiger partial charge is 0.321 e. The number of hydrogen-bond donors (Lipinski definition) is 1. The molecule has 0 bridgehead atoms. The molecule has 1 fully saturated rings. The number of hydrogen-bond acceptors (Lipinski definition) is 2. The second-order valence-corrected chi connectivity index (χ2v) is 8.29. The van der Waals surface area contributed by atoms with Crippen LogP contribution in [-0.4, -0.2) is 29.8 Å². The van der Waals surface area contributed by atoms with Gasteiger partial charge in [-0.05, 0) is 48.9 Å². The fourth-order valence-electron chi connectivity index (χ4n) is 4.27. The van der Waals surface area contributed by atoms with Crippen molar-refractivity contribution in [3.05, 3.63) is 89.5 Å². The number of aryl methyl sites for hydroxylation is 2. The molecule has 0 aliphatic carbocycles. The molecular formula is C27H28N2O2. The lowest BCUT2D eigenvalue weighted by Gasteiger charge is -2.32. The van der Waals surface area contributed by atoms with E-state index in [2.05, 4.69) is 17.4 Å². The Morgan fingerprint density at radius 1 is 0.839 bits per heavy atom. The maximum absolute atomic E-state index is 13.1. The van der Waals surface area contributed by atoms with Gasteiger partial charge in [0, 0.05) is 30.3 Å². The number of carbonyl (C=O) groups is 2. The zero-order valence-electron chi connectivity index (χ0n) is 18.1. The number of likely N-dealkylation sites (tertiary alicyclic amines) is 1. The van der Waals surface area contributed by atoms with Crippen LogP contribution in [0.3, 0.4) is 0 Å². The minimum absolute atomic E-state index is 0.115. The molecule has 1 N–H and O–H groups in total. The molecule has 3 aromatic rings. The Balaban J connectivity index is 1.43. The van der Waals surface area contributed by atoms with E-state index in [4.69, 9.17) is 0 Å². The molecule has 0 saturated carbocycles. The summed E-state index contributed by atoms with van der Waals surface area (Å²) >= 11 is 0. The number of carbonyl (C=O) groups excluding carboxylic acids is 2. The standard InChI is InChI=1S/C27H28N2O2/c1-19-8-6-9-20(2)25(19)28-27(31)29-17-7-12-24(18-29)26(30)23-15-13-22(14-16-23)21-10-4-3-5-11-21/h3-6,8-11,13-16,24H,7,12,17-18H2,1-2H3,(H,28,31)/t24-/m1/s1. The van der Waals surface area contributed by atoms with E-state index in [9.17, 15) is 9.59 Å². The van der Waals surface area contributed by atoms with Crippen molar-refractivity contribution in [2.75, 3.05) is 18.4 Å². The molecule has 4 heteroatoms. The maximum Gasteiger partial charge on any atom is 0.321 e. The molecular weight excluding hydrogens is 384 g/mol. The number of amides is 2. The Labute approximate surface area is 183 Å². The van der Waals surface area contributed by atoms with Crippen molar-refractivity contribution in [3.8, 4) is 11.1 Å². The van der Waals surface area contributed by atoms with Crippen molar-refractivity contribution in [2.45, 2.75) is 26.7 Å². The van der Waals surface area contributed by atoms with Crippen LogP contribution in [-0.2, 0) is 0 Å². The number of urea groups is 1. The number of benzene rings is 3. The van der Waals surface area contributed by atoms with Gasteiger partial charge in [0.2, 0.25) is 0 Å². The highest BCUT2D eigenvalue weighted by Gasteiger charge is 2.29. The molecule has 2 amide bonds. The zero-order chi connectivity index (χ0) is 21.8. The fourth-order valence-corrected chi connectivity index (χ4v) is 4.27. The van der Waals surface area contributed by atoms with Crippen LogP contribution in [0.1, 0.15) is 34.3 Å². The lowest BCUT2D eigenvalue weighted by Crippen LogP contribution is -2.44. The summed E-state index contributed by atoms with van der Waals surface area (Å²) in [5, 5.41) is 3.05. The third-order valence-electron chi connectivity index (χ3n) is 6.07. The van der Waals surface area contributed by atoms with Gasteiger partial charge in [-0.2, -0.15) is 0 Å². The Morgan fingerprint density at radius 3 is 2.16 bits per heavy atom. The molecule has 0 spiro atoms. The first-order valence-electron chi connectivity index (χ1n) is 10.8. The average Bonchev–Trinajstić information content (AvgIpc) is 2.82. The van der Waals surface area contributed by atoms with Crippen molar-refractivity contribution < 1.29 is 9.59 Å². The van der Waals surface area contributed by atoms with E-state index >= 15 is 0 Å². The summed E-state index contributed by atoms with van der Waals surface area (Å²) in [5.41, 5.74) is 5.87. The molecule has 1 aliphatic rings. The van der Waals surface area contributed by atoms with Crippen molar-refractivity contribution in [3.63, 3.8) is 0 Å². The van der Waals surface area contributed by atoms with Crippen molar-refractivity contribution in [1.29, 1.82) is 0 Å². The lowest BCUT2D eigenvalue weighted by molar-refractivity contribution is 0.0851. The normalized spacial score (nSPS) is 16.1. The summed E-state index contributed by atoms with van der Waals surface area (Å²) in [6.45, 7) is 5.11. The van der Waals surface area contributed by atoms with E-state index in [-0.39, 0.29) is 17.7 Å². The van der Waals surface area contributed by atoms with E-state index in [0.717, 1.165) is 40.8 Å². The van der Waals surface area contributed by atoms with Crippen LogP contribution in [0.25, 0.3) is 11.1 Å². The molecule has 1 heterocycles. The fraction of sp³-hybridized carbons (Fsp3) is 0.259. The van der Waals surface area contributed by atoms with E-state index in [1.807, 2.05) is 74.5 Å². The lowest BCUT2D eigenvalue weighted by atomic mass is 9.89. The number of para-hydroxylation sites is 1. The summed E-state index contributed by atoms with van der Waals surface area (Å²) in [6.07, 6.45) is 1.64. The average molecular weight is 413 g/mol. The predicted molar refractivity (Wildman–Crippen MR) is 125 cm³/mol. The molecule has 4 rings (SSSR count). The van der Waals surface area contributed by atoms with Gasteiger partial charge in [0.25, 0.3) is 0 Å². The van der Waals surface area contributed by atoms with Gasteiger partial charge in [-0.3, -0.25) is 4.79 Å². The van der Waals surface area contributed by atoms with Crippen molar-refractivity contribution in [2.24, 2.45) is 5.92 Å². The Kier molecular flexibility index (Phi) is 6.17. The molecule has 1 atom stereocenters. The molecule has 158 valence electrons. The first-order chi connectivity index (χ1) is 15.0. The van der Waals surface area contributed by atoms with Gasteiger partial charge in [0.1, 0.15) is 0 Å². The highest BCUT2D eigenvalue weighted by Crippen LogP contribution is 2.25. The third-order valence-corrected chi connectivity index (χ3v) is 6.07. The summed E-state index contributed by atoms with van der Waals surface area (Å²) in [4.78, 5) is 27.8. The number of nitrogens with one attached hydrogen (secondary N) is 1. The van der Waals surface area contributed by atoms with Crippen LogP contribution >= 0.6 is 0 Å². The third kappa shape index (κ3) is 4.69. The van der Waals surface area contributed by atoms with E-state index in [1.165, 1.54) is 0 Å². The molecule has 0 radical (unpaired) electrons. The SMILES string of the molecule is Cc1cccc(C)c1NC(=O)N1CCC[C@@H](C(=O)c2ccc(-c3ccccc3)cc2)C1. The van der Waals surface area contributed by atoms with Crippen LogP contribution in [0.4, 0.5) is 10.5 Å². The zero-order valence-corrected chi connectivity index (χ0v) is 18.1. The molecule has 1 aliphatic heterocycles. The second kappa shape index (κ2) is 9.17. The van der Waals surface area contributed by atoms with E-state index in [1.54, 1.807) is 4.90 Å². The van der Waals surface area contributed by atoms with Gasteiger partial charge in [0.05, 0.1) is 0 Å². The van der Waals surface area contributed by atoms with Gasteiger partial charge < -0.3 is 10.2 Å². The first-order valence-corrected chi connectivity index (χ1v) is 10.8.